The summed E-state index contributed by atoms with van der Waals surface area (Å²) in [7, 11) is 0. The van der Waals surface area contributed by atoms with Crippen molar-refractivity contribution >= 4 is 11.6 Å². The van der Waals surface area contributed by atoms with Gasteiger partial charge in [0.1, 0.15) is 6.33 Å². The SMILES string of the molecule is CCCNCc1ccc(NC(=O)c2cncnc2)cc1. The normalized spacial score (nSPS) is 10.2. The second-order valence-corrected chi connectivity index (χ2v) is 4.45. The van der Waals surface area contributed by atoms with Crippen LogP contribution < -0.4 is 10.6 Å². The molecular weight excluding hydrogens is 252 g/mol. The lowest BCUT2D eigenvalue weighted by Crippen LogP contribution is -2.14. The summed E-state index contributed by atoms with van der Waals surface area (Å²) in [6.45, 7) is 3.99. The first-order chi connectivity index (χ1) is 9.79. The summed E-state index contributed by atoms with van der Waals surface area (Å²) in [5, 5.41) is 6.15. The lowest BCUT2D eigenvalue weighted by Gasteiger charge is -2.07. The summed E-state index contributed by atoms with van der Waals surface area (Å²) in [6, 6.07) is 7.79. The van der Waals surface area contributed by atoms with Crippen molar-refractivity contribution in [3.8, 4) is 0 Å². The number of benzene rings is 1. The molecule has 0 aliphatic rings. The maximum Gasteiger partial charge on any atom is 0.258 e. The zero-order valence-corrected chi connectivity index (χ0v) is 11.5. The first-order valence-electron chi connectivity index (χ1n) is 6.65. The van der Waals surface area contributed by atoms with Crippen molar-refractivity contribution in [2.75, 3.05) is 11.9 Å². The molecular formula is C15H18N4O. The number of hydrogen-bond acceptors (Lipinski definition) is 4. The molecule has 2 N–H and O–H groups in total. The number of amides is 1. The highest BCUT2D eigenvalue weighted by atomic mass is 16.1. The van der Waals surface area contributed by atoms with E-state index in [0.29, 0.717) is 5.56 Å². The molecule has 0 fully saturated rings. The summed E-state index contributed by atoms with van der Waals surface area (Å²) >= 11 is 0. The van der Waals surface area contributed by atoms with Gasteiger partial charge in [0.05, 0.1) is 5.56 Å². The van der Waals surface area contributed by atoms with E-state index >= 15 is 0 Å². The summed E-state index contributed by atoms with van der Waals surface area (Å²) in [6.07, 6.45) is 5.50. The molecule has 1 amide bonds. The van der Waals surface area contributed by atoms with Gasteiger partial charge < -0.3 is 10.6 Å². The van der Waals surface area contributed by atoms with Gasteiger partial charge >= 0.3 is 0 Å². The number of anilines is 1. The zero-order valence-electron chi connectivity index (χ0n) is 11.5. The fraction of sp³-hybridized carbons (Fsp3) is 0.267. The molecule has 0 bridgehead atoms. The Morgan fingerprint density at radius 1 is 1.15 bits per heavy atom. The zero-order chi connectivity index (χ0) is 14.2. The van der Waals surface area contributed by atoms with Crippen LogP contribution in [-0.2, 0) is 6.54 Å². The van der Waals surface area contributed by atoms with Gasteiger partial charge in [-0.25, -0.2) is 9.97 Å². The van der Waals surface area contributed by atoms with Gasteiger partial charge in [0.2, 0.25) is 0 Å². The molecule has 0 unspecified atom stereocenters. The second-order valence-electron chi connectivity index (χ2n) is 4.45. The van der Waals surface area contributed by atoms with Crippen LogP contribution in [0.15, 0.2) is 43.0 Å². The third-order valence-corrected chi connectivity index (χ3v) is 2.79. The van der Waals surface area contributed by atoms with Crippen LogP contribution in [0.2, 0.25) is 0 Å². The number of carbonyl (C=O) groups excluding carboxylic acids is 1. The van der Waals surface area contributed by atoms with Crippen LogP contribution in [0.5, 0.6) is 0 Å². The Morgan fingerprint density at radius 2 is 1.85 bits per heavy atom. The van der Waals surface area contributed by atoms with Crippen LogP contribution in [0.25, 0.3) is 0 Å². The lowest BCUT2D eigenvalue weighted by atomic mass is 10.2. The molecule has 20 heavy (non-hydrogen) atoms. The highest BCUT2D eigenvalue weighted by Gasteiger charge is 2.05. The minimum Gasteiger partial charge on any atom is -0.322 e. The molecule has 0 spiro atoms. The van der Waals surface area contributed by atoms with Gasteiger partial charge in [-0.1, -0.05) is 19.1 Å². The first-order valence-corrected chi connectivity index (χ1v) is 6.65. The van der Waals surface area contributed by atoms with E-state index < -0.39 is 0 Å². The van der Waals surface area contributed by atoms with E-state index in [1.807, 2.05) is 24.3 Å². The Labute approximate surface area is 118 Å². The second kappa shape index (κ2) is 7.35. The summed E-state index contributed by atoms with van der Waals surface area (Å²) < 4.78 is 0. The monoisotopic (exact) mass is 270 g/mol. The van der Waals surface area contributed by atoms with Crippen LogP contribution in [-0.4, -0.2) is 22.4 Å². The van der Waals surface area contributed by atoms with E-state index in [9.17, 15) is 4.79 Å². The van der Waals surface area contributed by atoms with Gasteiger partial charge in [-0.2, -0.15) is 0 Å². The molecule has 104 valence electrons. The smallest absolute Gasteiger partial charge is 0.258 e. The Bertz CT molecular complexity index is 540. The van der Waals surface area contributed by atoms with E-state index in [1.54, 1.807) is 0 Å². The van der Waals surface area contributed by atoms with Crippen molar-refractivity contribution < 1.29 is 4.79 Å². The molecule has 0 saturated carbocycles. The van der Waals surface area contributed by atoms with E-state index in [-0.39, 0.29) is 5.91 Å². The molecule has 0 saturated heterocycles. The number of carbonyl (C=O) groups is 1. The molecule has 2 rings (SSSR count). The predicted molar refractivity (Wildman–Crippen MR) is 78.4 cm³/mol. The van der Waals surface area contributed by atoms with Gasteiger partial charge in [-0.05, 0) is 30.7 Å². The highest BCUT2D eigenvalue weighted by Crippen LogP contribution is 2.10. The third kappa shape index (κ3) is 4.13. The van der Waals surface area contributed by atoms with Gasteiger partial charge in [0.25, 0.3) is 5.91 Å². The maximum absolute atomic E-state index is 11.9. The third-order valence-electron chi connectivity index (χ3n) is 2.79. The Kier molecular flexibility index (Phi) is 5.20. The van der Waals surface area contributed by atoms with E-state index in [1.165, 1.54) is 24.3 Å². The average Bonchev–Trinajstić information content (AvgIpc) is 2.50. The number of nitrogens with one attached hydrogen (secondary N) is 2. The number of rotatable bonds is 6. The first kappa shape index (κ1) is 14.1. The lowest BCUT2D eigenvalue weighted by molar-refractivity contribution is 0.102. The molecule has 2 aromatic rings. The van der Waals surface area contributed by atoms with Crippen molar-refractivity contribution in [2.24, 2.45) is 0 Å². The quantitative estimate of drug-likeness (QED) is 0.790. The van der Waals surface area contributed by atoms with Crippen LogP contribution >= 0.6 is 0 Å². The van der Waals surface area contributed by atoms with E-state index in [2.05, 4.69) is 27.5 Å². The number of nitrogens with zero attached hydrogens (tertiary/aromatic N) is 2. The minimum absolute atomic E-state index is 0.206. The van der Waals surface area contributed by atoms with E-state index in [4.69, 9.17) is 0 Å². The highest BCUT2D eigenvalue weighted by molar-refractivity contribution is 6.03. The van der Waals surface area contributed by atoms with Crippen molar-refractivity contribution in [3.63, 3.8) is 0 Å². The van der Waals surface area contributed by atoms with Gasteiger partial charge in [-0.3, -0.25) is 4.79 Å². The molecule has 1 aromatic heterocycles. The molecule has 0 radical (unpaired) electrons. The van der Waals surface area contributed by atoms with Crippen molar-refractivity contribution in [2.45, 2.75) is 19.9 Å². The maximum atomic E-state index is 11.9. The van der Waals surface area contributed by atoms with Crippen LogP contribution in [0, 0.1) is 0 Å². The van der Waals surface area contributed by atoms with Crippen molar-refractivity contribution in [3.05, 3.63) is 54.1 Å². The van der Waals surface area contributed by atoms with Gasteiger partial charge in [0, 0.05) is 24.6 Å². The minimum atomic E-state index is -0.206. The molecule has 5 nitrogen and oxygen atoms in total. The number of aromatic nitrogens is 2. The average molecular weight is 270 g/mol. The molecule has 1 aromatic carbocycles. The van der Waals surface area contributed by atoms with Crippen LogP contribution in [0.4, 0.5) is 5.69 Å². The fourth-order valence-corrected chi connectivity index (χ4v) is 1.74. The predicted octanol–water partition coefficient (Wildman–Crippen LogP) is 2.23. The van der Waals surface area contributed by atoms with Crippen LogP contribution in [0.1, 0.15) is 29.3 Å². The largest absolute Gasteiger partial charge is 0.322 e. The Balaban J connectivity index is 1.92. The summed E-state index contributed by atoms with van der Waals surface area (Å²) in [4.78, 5) is 19.6. The van der Waals surface area contributed by atoms with Crippen LogP contribution in [0.3, 0.4) is 0 Å². The Hall–Kier alpha value is -2.27. The summed E-state index contributed by atoms with van der Waals surface area (Å²) in [5.41, 5.74) is 2.40. The molecule has 1 heterocycles. The van der Waals surface area contributed by atoms with E-state index in [0.717, 1.165) is 25.2 Å². The standard InChI is InChI=1S/C15H18N4O/c1-2-7-16-8-12-3-5-14(6-4-12)19-15(20)13-9-17-11-18-10-13/h3-6,9-11,16H,2,7-8H2,1H3,(H,19,20). The topological polar surface area (TPSA) is 66.9 Å². The van der Waals surface area contributed by atoms with Gasteiger partial charge in [0.15, 0.2) is 0 Å². The number of hydrogen-bond donors (Lipinski definition) is 2. The fourth-order valence-electron chi connectivity index (χ4n) is 1.74. The molecule has 0 aliphatic heterocycles. The molecule has 5 heteroatoms. The summed E-state index contributed by atoms with van der Waals surface area (Å²) in [5.74, 6) is -0.206. The van der Waals surface area contributed by atoms with Crippen molar-refractivity contribution in [1.29, 1.82) is 0 Å². The molecule has 0 aliphatic carbocycles. The van der Waals surface area contributed by atoms with Crippen molar-refractivity contribution in [1.82, 2.24) is 15.3 Å². The Morgan fingerprint density at radius 3 is 2.50 bits per heavy atom. The molecule has 0 atom stereocenters. The van der Waals surface area contributed by atoms with Gasteiger partial charge in [-0.15, -0.1) is 0 Å².